The van der Waals surface area contributed by atoms with Crippen LogP contribution in [0.4, 0.5) is 0 Å². The van der Waals surface area contributed by atoms with Gasteiger partial charge in [0.25, 0.3) is 0 Å². The highest BCUT2D eigenvalue weighted by atomic mass is 16.3. The average Bonchev–Trinajstić information content (AvgIpc) is 3.51. The summed E-state index contributed by atoms with van der Waals surface area (Å²) in [5.41, 5.74) is 0. The Hall–Kier alpha value is -1.17. The number of aliphatic hydroxyl groups is 2. The smallest absolute Gasteiger partial charge is 0.243 e. The molecule has 0 aliphatic heterocycles. The number of hydrogen-bond donors (Lipinski definition) is 4. The zero-order valence-corrected chi connectivity index (χ0v) is 24.4. The molecule has 0 aromatic carbocycles. The van der Waals surface area contributed by atoms with Crippen molar-refractivity contribution in [2.45, 2.75) is 159 Å². The van der Waals surface area contributed by atoms with Gasteiger partial charge in [0.1, 0.15) is 0 Å². The van der Waals surface area contributed by atoms with Gasteiger partial charge in [-0.1, -0.05) is 95.3 Å². The lowest BCUT2D eigenvalue weighted by molar-refractivity contribution is -0.117. The Kier molecular flexibility index (Phi) is 19.7. The van der Waals surface area contributed by atoms with Gasteiger partial charge in [0.05, 0.1) is 0 Å². The molecule has 0 saturated heterocycles. The van der Waals surface area contributed by atoms with Crippen molar-refractivity contribution in [2.75, 3.05) is 13.2 Å². The Morgan fingerprint density at radius 3 is 1.71 bits per heavy atom. The van der Waals surface area contributed by atoms with Crippen LogP contribution in [0, 0.1) is 5.92 Å². The maximum absolute atomic E-state index is 12.4. The average molecular weight is 533 g/mol. The topological polar surface area (TPSA) is 81.6 Å². The normalized spacial score (nSPS) is 23.1. The highest BCUT2D eigenvalue weighted by Crippen LogP contribution is 2.34. The second kappa shape index (κ2) is 22.6. The molecule has 5 heteroatoms. The van der Waals surface area contributed by atoms with Gasteiger partial charge < -0.3 is 20.8 Å². The van der Waals surface area contributed by atoms with Crippen LogP contribution in [0.1, 0.15) is 141 Å². The zero-order valence-electron chi connectivity index (χ0n) is 24.4. The molecule has 0 spiro atoms. The summed E-state index contributed by atoms with van der Waals surface area (Å²) >= 11 is 0. The first-order valence-electron chi connectivity index (χ1n) is 16.4. The van der Waals surface area contributed by atoms with E-state index in [9.17, 15) is 4.79 Å². The van der Waals surface area contributed by atoms with Gasteiger partial charge in [-0.05, 0) is 76.2 Å². The lowest BCUT2D eigenvalue weighted by atomic mass is 10.1. The standard InChI is InChI=1S/C33H60N2O3/c36-26-19-15-11-7-3-1-5-9-13-17-22-29-28-32(29)34-30-23-21-24-31(30)35-33(38)25-18-14-10-6-2-4-8-12-16-20-27-37/h17-18,22,25,29-32,34,36-37H,1-16,19-21,23-24,26-28H2,(H,35,38). The highest BCUT2D eigenvalue weighted by molar-refractivity contribution is 5.87. The van der Waals surface area contributed by atoms with Gasteiger partial charge in [-0.2, -0.15) is 0 Å². The number of hydrogen-bond acceptors (Lipinski definition) is 4. The Labute approximate surface area is 234 Å². The largest absolute Gasteiger partial charge is 0.396 e. The predicted molar refractivity (Wildman–Crippen MR) is 160 cm³/mol. The lowest BCUT2D eigenvalue weighted by Gasteiger charge is -2.21. The first-order chi connectivity index (χ1) is 18.7. The summed E-state index contributed by atoms with van der Waals surface area (Å²) < 4.78 is 0. The van der Waals surface area contributed by atoms with E-state index < -0.39 is 0 Å². The van der Waals surface area contributed by atoms with Crippen molar-refractivity contribution in [3.05, 3.63) is 24.3 Å². The van der Waals surface area contributed by atoms with Gasteiger partial charge in [0.2, 0.25) is 5.91 Å². The zero-order chi connectivity index (χ0) is 27.1. The summed E-state index contributed by atoms with van der Waals surface area (Å²) in [7, 11) is 0. The molecular weight excluding hydrogens is 472 g/mol. The number of carbonyl (C=O) groups excluding carboxylic acids is 1. The molecule has 2 aliphatic carbocycles. The molecule has 220 valence electrons. The minimum atomic E-state index is 0.0741. The van der Waals surface area contributed by atoms with E-state index in [1.807, 2.05) is 0 Å². The van der Waals surface area contributed by atoms with Gasteiger partial charge in [-0.25, -0.2) is 0 Å². The number of allylic oxidation sites excluding steroid dienone is 2. The fraction of sp³-hybridized carbons (Fsp3) is 0.848. The molecular formula is C33H60N2O3. The Bertz CT molecular complexity index is 636. The number of unbranched alkanes of at least 4 members (excludes halogenated alkanes) is 16. The van der Waals surface area contributed by atoms with E-state index in [1.165, 1.54) is 103 Å². The maximum Gasteiger partial charge on any atom is 0.243 e. The molecule has 5 nitrogen and oxygen atoms in total. The molecule has 4 unspecified atom stereocenters. The van der Waals surface area contributed by atoms with Crippen molar-refractivity contribution >= 4 is 5.91 Å². The quantitative estimate of drug-likeness (QED) is 0.0573. The molecule has 1 amide bonds. The third-order valence-corrected chi connectivity index (χ3v) is 8.32. The number of aliphatic hydroxyl groups excluding tert-OH is 2. The maximum atomic E-state index is 12.4. The van der Waals surface area contributed by atoms with Crippen LogP contribution >= 0.6 is 0 Å². The summed E-state index contributed by atoms with van der Waals surface area (Å²) in [4.78, 5) is 12.4. The third-order valence-electron chi connectivity index (χ3n) is 8.32. The summed E-state index contributed by atoms with van der Waals surface area (Å²) in [5.74, 6) is 0.754. The number of carbonyl (C=O) groups is 1. The van der Waals surface area contributed by atoms with E-state index in [-0.39, 0.29) is 11.9 Å². The minimum Gasteiger partial charge on any atom is -0.396 e. The van der Waals surface area contributed by atoms with Crippen LogP contribution in [-0.4, -0.2) is 47.5 Å². The predicted octanol–water partition coefficient (Wildman–Crippen LogP) is 7.12. The highest BCUT2D eigenvalue weighted by Gasteiger charge is 2.39. The SMILES string of the molecule is O=C(C=CCCCCCCCCCCO)NC1CCCC1NC1CC1C=CCCCCCCCCCCO. The molecule has 2 aliphatic rings. The second-order valence-electron chi connectivity index (χ2n) is 11.8. The molecule has 4 atom stereocenters. The molecule has 2 rings (SSSR count). The Morgan fingerprint density at radius 2 is 1.13 bits per heavy atom. The van der Waals surface area contributed by atoms with Crippen LogP contribution in [0.25, 0.3) is 0 Å². The van der Waals surface area contributed by atoms with Crippen LogP contribution in [0.2, 0.25) is 0 Å². The van der Waals surface area contributed by atoms with Crippen LogP contribution in [0.5, 0.6) is 0 Å². The molecule has 0 radical (unpaired) electrons. The van der Waals surface area contributed by atoms with Gasteiger partial charge in [-0.15, -0.1) is 0 Å². The monoisotopic (exact) mass is 532 g/mol. The number of nitrogens with one attached hydrogen (secondary N) is 2. The van der Waals surface area contributed by atoms with E-state index in [0.29, 0.717) is 31.2 Å². The second-order valence-corrected chi connectivity index (χ2v) is 11.8. The molecule has 0 heterocycles. The Balaban J connectivity index is 1.45. The summed E-state index contributed by atoms with van der Waals surface area (Å²) in [6, 6.07) is 1.29. The van der Waals surface area contributed by atoms with Crippen LogP contribution in [0.15, 0.2) is 24.3 Å². The summed E-state index contributed by atoms with van der Waals surface area (Å²) in [6.07, 6.45) is 35.1. The third kappa shape index (κ3) is 16.7. The van der Waals surface area contributed by atoms with Crippen LogP contribution in [-0.2, 0) is 4.79 Å². The van der Waals surface area contributed by atoms with Gasteiger partial charge in [0.15, 0.2) is 0 Å². The van der Waals surface area contributed by atoms with Crippen molar-refractivity contribution in [3.63, 3.8) is 0 Å². The van der Waals surface area contributed by atoms with Crippen molar-refractivity contribution in [2.24, 2.45) is 5.92 Å². The Morgan fingerprint density at radius 1 is 0.632 bits per heavy atom. The van der Waals surface area contributed by atoms with E-state index in [1.54, 1.807) is 6.08 Å². The van der Waals surface area contributed by atoms with Gasteiger partial charge >= 0.3 is 0 Å². The molecule has 0 aromatic heterocycles. The van der Waals surface area contributed by atoms with Gasteiger partial charge in [-0.3, -0.25) is 4.79 Å². The first-order valence-corrected chi connectivity index (χ1v) is 16.4. The number of rotatable bonds is 25. The van der Waals surface area contributed by atoms with Crippen molar-refractivity contribution in [1.29, 1.82) is 0 Å². The first kappa shape index (κ1) is 33.0. The van der Waals surface area contributed by atoms with Crippen LogP contribution in [0.3, 0.4) is 0 Å². The minimum absolute atomic E-state index is 0.0741. The van der Waals surface area contributed by atoms with Crippen molar-refractivity contribution in [1.82, 2.24) is 10.6 Å². The van der Waals surface area contributed by atoms with Crippen molar-refractivity contribution < 1.29 is 15.0 Å². The molecule has 38 heavy (non-hydrogen) atoms. The molecule has 4 N–H and O–H groups in total. The van der Waals surface area contributed by atoms with E-state index in [2.05, 4.69) is 28.9 Å². The van der Waals surface area contributed by atoms with E-state index in [0.717, 1.165) is 38.5 Å². The fourth-order valence-electron chi connectivity index (χ4n) is 5.79. The fourth-order valence-corrected chi connectivity index (χ4v) is 5.79. The summed E-state index contributed by atoms with van der Waals surface area (Å²) in [5, 5.41) is 24.7. The van der Waals surface area contributed by atoms with Gasteiger partial charge in [0, 0.05) is 31.3 Å². The van der Waals surface area contributed by atoms with E-state index >= 15 is 0 Å². The van der Waals surface area contributed by atoms with Crippen molar-refractivity contribution in [3.8, 4) is 0 Å². The summed E-state index contributed by atoms with van der Waals surface area (Å²) in [6.45, 7) is 0.667. The molecule has 2 fully saturated rings. The number of amides is 1. The molecule has 0 aromatic rings. The molecule has 2 saturated carbocycles. The lowest BCUT2D eigenvalue weighted by Crippen LogP contribution is -2.47. The van der Waals surface area contributed by atoms with E-state index in [4.69, 9.17) is 10.2 Å². The van der Waals surface area contributed by atoms with Crippen LogP contribution < -0.4 is 10.6 Å². The molecule has 0 bridgehead atoms.